The molecular formula is C33H63N2O7P. The molecule has 6 N–H and O–H groups in total. The van der Waals surface area contributed by atoms with E-state index in [0.717, 1.165) is 38.5 Å². The smallest absolute Gasteiger partial charge is 0.393 e. The molecule has 0 bridgehead atoms. The second-order valence-corrected chi connectivity index (χ2v) is 12.7. The van der Waals surface area contributed by atoms with Gasteiger partial charge in [-0.1, -0.05) is 120 Å². The summed E-state index contributed by atoms with van der Waals surface area (Å²) in [5.74, 6) is -0.466. The minimum Gasteiger partial charge on any atom is -0.393 e. The Bertz CT molecular complexity index is 791. The minimum atomic E-state index is -4.39. The van der Waals surface area contributed by atoms with Crippen molar-refractivity contribution in [2.45, 2.75) is 148 Å². The molecule has 0 aliphatic carbocycles. The Morgan fingerprint density at radius 2 is 1.37 bits per heavy atom. The molecule has 0 aromatic rings. The SMILES string of the molecule is C/C=C/CC/C=C/CC/C=C/C(O)C(COP(=O)(O)OCCN)NC(=O)CC(O)CCCCCCCCCCCCCC. The number of allylic oxidation sites excluding steroid dienone is 5. The fourth-order valence-corrected chi connectivity index (χ4v) is 5.32. The molecule has 43 heavy (non-hydrogen) atoms. The van der Waals surface area contributed by atoms with Crippen molar-refractivity contribution in [2.75, 3.05) is 19.8 Å². The number of aliphatic hydroxyl groups excluding tert-OH is 2. The highest BCUT2D eigenvalue weighted by Crippen LogP contribution is 2.43. The zero-order valence-electron chi connectivity index (χ0n) is 27.0. The van der Waals surface area contributed by atoms with Gasteiger partial charge in [0, 0.05) is 6.54 Å². The van der Waals surface area contributed by atoms with Crippen LogP contribution in [0.2, 0.25) is 0 Å². The number of carbonyl (C=O) groups is 1. The number of rotatable bonds is 30. The summed E-state index contributed by atoms with van der Waals surface area (Å²) in [6, 6.07) is -0.999. The lowest BCUT2D eigenvalue weighted by Gasteiger charge is -2.24. The molecule has 0 aliphatic rings. The predicted octanol–water partition coefficient (Wildman–Crippen LogP) is 7.02. The van der Waals surface area contributed by atoms with E-state index in [2.05, 4.69) is 30.5 Å². The minimum absolute atomic E-state index is 0.0419. The van der Waals surface area contributed by atoms with Gasteiger partial charge in [0.1, 0.15) is 0 Å². The number of carbonyl (C=O) groups excluding carboxylic acids is 1. The molecule has 0 aromatic heterocycles. The lowest BCUT2D eigenvalue weighted by atomic mass is 10.0. The summed E-state index contributed by atoms with van der Waals surface area (Å²) < 4.78 is 21.8. The van der Waals surface area contributed by atoms with Crippen molar-refractivity contribution in [3.05, 3.63) is 36.5 Å². The van der Waals surface area contributed by atoms with Crippen LogP contribution in [0.1, 0.15) is 129 Å². The molecule has 9 nitrogen and oxygen atoms in total. The topological polar surface area (TPSA) is 151 Å². The summed E-state index contributed by atoms with van der Waals surface area (Å²) in [5, 5.41) is 23.7. The van der Waals surface area contributed by atoms with E-state index in [9.17, 15) is 24.5 Å². The first-order valence-corrected chi connectivity index (χ1v) is 18.2. The molecule has 0 spiro atoms. The second kappa shape index (κ2) is 29.4. The van der Waals surface area contributed by atoms with Crippen molar-refractivity contribution < 1.29 is 33.5 Å². The van der Waals surface area contributed by atoms with Gasteiger partial charge in [-0.25, -0.2) is 4.57 Å². The molecule has 0 saturated carbocycles. The number of phosphoric acid groups is 1. The summed E-state index contributed by atoms with van der Waals surface area (Å²) in [5.41, 5.74) is 5.31. The van der Waals surface area contributed by atoms with E-state index >= 15 is 0 Å². The number of hydrogen-bond acceptors (Lipinski definition) is 7. The summed E-state index contributed by atoms with van der Waals surface area (Å²) in [7, 11) is -4.39. The van der Waals surface area contributed by atoms with Crippen molar-refractivity contribution in [1.82, 2.24) is 5.32 Å². The number of unbranched alkanes of at least 4 members (excludes halogenated alkanes) is 13. The molecule has 0 saturated heterocycles. The van der Waals surface area contributed by atoms with Gasteiger partial charge in [-0.05, 0) is 39.0 Å². The van der Waals surface area contributed by atoms with E-state index < -0.39 is 38.6 Å². The Hall–Kier alpha value is -1.32. The maximum Gasteiger partial charge on any atom is 0.472 e. The van der Waals surface area contributed by atoms with E-state index in [1.165, 1.54) is 63.9 Å². The molecule has 252 valence electrons. The second-order valence-electron chi connectivity index (χ2n) is 11.2. The summed E-state index contributed by atoms with van der Waals surface area (Å²) >= 11 is 0. The van der Waals surface area contributed by atoms with Crippen LogP contribution in [-0.2, 0) is 18.4 Å². The monoisotopic (exact) mass is 630 g/mol. The number of phosphoric ester groups is 1. The van der Waals surface area contributed by atoms with E-state index in [1.54, 1.807) is 6.08 Å². The number of amides is 1. The number of aliphatic hydroxyl groups is 2. The van der Waals surface area contributed by atoms with E-state index in [0.29, 0.717) is 12.8 Å². The van der Waals surface area contributed by atoms with Gasteiger partial charge in [0.25, 0.3) is 0 Å². The highest BCUT2D eigenvalue weighted by atomic mass is 31.2. The summed E-state index contributed by atoms with van der Waals surface area (Å²) in [6.07, 6.45) is 28.3. The average molecular weight is 631 g/mol. The molecule has 4 unspecified atom stereocenters. The number of nitrogens with one attached hydrogen (secondary N) is 1. The zero-order chi connectivity index (χ0) is 32.0. The third-order valence-electron chi connectivity index (χ3n) is 7.10. The van der Waals surface area contributed by atoms with Crippen molar-refractivity contribution in [3.8, 4) is 0 Å². The number of nitrogens with two attached hydrogens (primary N) is 1. The highest BCUT2D eigenvalue weighted by molar-refractivity contribution is 7.47. The van der Waals surface area contributed by atoms with E-state index in [4.69, 9.17) is 14.8 Å². The quantitative estimate of drug-likeness (QED) is 0.0323. The Morgan fingerprint density at radius 3 is 1.93 bits per heavy atom. The number of hydrogen-bond donors (Lipinski definition) is 5. The van der Waals surface area contributed by atoms with Crippen molar-refractivity contribution >= 4 is 13.7 Å². The Labute approximate surface area is 262 Å². The van der Waals surface area contributed by atoms with Gasteiger partial charge in [-0.15, -0.1) is 0 Å². The molecule has 0 fully saturated rings. The first-order chi connectivity index (χ1) is 20.8. The van der Waals surface area contributed by atoms with Crippen LogP contribution in [0.4, 0.5) is 0 Å². The van der Waals surface area contributed by atoms with Crippen LogP contribution in [0.15, 0.2) is 36.5 Å². The maximum absolute atomic E-state index is 12.7. The molecule has 1 amide bonds. The van der Waals surface area contributed by atoms with E-state index in [-0.39, 0.29) is 19.6 Å². The lowest BCUT2D eigenvalue weighted by molar-refractivity contribution is -0.124. The van der Waals surface area contributed by atoms with Crippen LogP contribution < -0.4 is 11.1 Å². The molecule has 0 radical (unpaired) electrons. The summed E-state index contributed by atoms with van der Waals surface area (Å²) in [4.78, 5) is 22.5. The molecule has 10 heteroatoms. The van der Waals surface area contributed by atoms with Crippen LogP contribution in [-0.4, -0.2) is 59.0 Å². The molecule has 4 atom stereocenters. The largest absolute Gasteiger partial charge is 0.472 e. The van der Waals surface area contributed by atoms with Crippen LogP contribution in [0.5, 0.6) is 0 Å². The zero-order valence-corrected chi connectivity index (χ0v) is 27.9. The van der Waals surface area contributed by atoms with Gasteiger partial charge in [-0.2, -0.15) is 0 Å². The van der Waals surface area contributed by atoms with Crippen molar-refractivity contribution in [1.29, 1.82) is 0 Å². The molecule has 0 rings (SSSR count). The Balaban J connectivity index is 4.52. The average Bonchev–Trinajstić information content (AvgIpc) is 2.97. The van der Waals surface area contributed by atoms with Gasteiger partial charge in [-0.3, -0.25) is 13.8 Å². The first-order valence-electron chi connectivity index (χ1n) is 16.7. The third kappa shape index (κ3) is 27.9. The van der Waals surface area contributed by atoms with Crippen LogP contribution in [0, 0.1) is 0 Å². The van der Waals surface area contributed by atoms with Crippen LogP contribution >= 0.6 is 7.82 Å². The van der Waals surface area contributed by atoms with E-state index in [1.807, 2.05) is 13.0 Å². The van der Waals surface area contributed by atoms with Crippen molar-refractivity contribution in [3.63, 3.8) is 0 Å². The van der Waals surface area contributed by atoms with Crippen LogP contribution in [0.25, 0.3) is 0 Å². The standard InChI is InChI=1S/C33H63N2O7P/c1-3-5-7-9-11-13-14-15-17-18-20-22-24-30(36)28-33(38)35-31(29-42-43(39,40)41-27-26-34)32(37)25-23-21-19-16-12-10-8-6-4-2/h4,6,12,16,23,25,30-32,36-37H,3,5,7-11,13-15,17-22,24,26-29,34H2,1-2H3,(H,35,38)(H,39,40)/b6-4+,16-12+,25-23+. The molecular weight excluding hydrogens is 567 g/mol. The normalized spacial score (nSPS) is 15.8. The van der Waals surface area contributed by atoms with Gasteiger partial charge < -0.3 is 26.2 Å². The lowest BCUT2D eigenvalue weighted by Crippen LogP contribution is -2.46. The molecule has 0 aromatic carbocycles. The maximum atomic E-state index is 12.7. The molecule has 0 heterocycles. The Kier molecular flexibility index (Phi) is 28.5. The van der Waals surface area contributed by atoms with Gasteiger partial charge in [0.05, 0.1) is 37.9 Å². The van der Waals surface area contributed by atoms with Gasteiger partial charge in [0.15, 0.2) is 0 Å². The van der Waals surface area contributed by atoms with Gasteiger partial charge in [0.2, 0.25) is 5.91 Å². The highest BCUT2D eigenvalue weighted by Gasteiger charge is 2.27. The third-order valence-corrected chi connectivity index (χ3v) is 8.08. The summed E-state index contributed by atoms with van der Waals surface area (Å²) in [6.45, 7) is 3.66. The van der Waals surface area contributed by atoms with Gasteiger partial charge >= 0.3 is 7.82 Å². The fraction of sp³-hybridized carbons (Fsp3) is 0.788. The van der Waals surface area contributed by atoms with Crippen LogP contribution in [0.3, 0.4) is 0 Å². The fourth-order valence-electron chi connectivity index (χ4n) is 4.57. The predicted molar refractivity (Wildman–Crippen MR) is 177 cm³/mol. The first kappa shape index (κ1) is 41.7. The molecule has 0 aliphatic heterocycles. The Morgan fingerprint density at radius 1 is 0.837 bits per heavy atom. The van der Waals surface area contributed by atoms with Crippen molar-refractivity contribution in [2.24, 2.45) is 5.73 Å².